The summed E-state index contributed by atoms with van der Waals surface area (Å²) in [6.45, 7) is 7.20. The van der Waals surface area contributed by atoms with Gasteiger partial charge in [0.2, 0.25) is 11.8 Å². The second-order valence-electron chi connectivity index (χ2n) is 7.60. The molecule has 0 bridgehead atoms. The van der Waals surface area contributed by atoms with Gasteiger partial charge in [-0.25, -0.2) is 0 Å². The molecule has 31 heavy (non-hydrogen) atoms. The standard InChI is InChI=1S/C25H34N2O4/c1-5-16-26-25(29)20(3)27(18-21-10-14-22(30-4)15-11-21)24(28)7-6-17-31-23-12-8-19(2)9-13-23/h8-15,20H,5-7,16-18H2,1-4H3,(H,26,29). The van der Waals surface area contributed by atoms with Crippen LogP contribution in [-0.4, -0.2) is 43.0 Å². The molecular formula is C25H34N2O4. The minimum absolute atomic E-state index is 0.0672. The molecule has 2 rings (SSSR count). The molecule has 1 atom stereocenters. The van der Waals surface area contributed by atoms with Crippen LogP contribution in [0.25, 0.3) is 0 Å². The van der Waals surface area contributed by atoms with Crippen LogP contribution in [0, 0.1) is 6.92 Å². The van der Waals surface area contributed by atoms with Gasteiger partial charge in [-0.1, -0.05) is 36.8 Å². The van der Waals surface area contributed by atoms with Gasteiger partial charge in [0.25, 0.3) is 0 Å². The first-order chi connectivity index (χ1) is 14.9. The van der Waals surface area contributed by atoms with Crippen LogP contribution in [0.2, 0.25) is 0 Å². The maximum absolute atomic E-state index is 13.0. The van der Waals surface area contributed by atoms with E-state index < -0.39 is 6.04 Å². The zero-order valence-corrected chi connectivity index (χ0v) is 19.0. The van der Waals surface area contributed by atoms with Crippen molar-refractivity contribution in [3.05, 3.63) is 59.7 Å². The van der Waals surface area contributed by atoms with Gasteiger partial charge in [0.05, 0.1) is 13.7 Å². The van der Waals surface area contributed by atoms with Gasteiger partial charge < -0.3 is 19.7 Å². The molecule has 6 heteroatoms. The molecule has 0 radical (unpaired) electrons. The largest absolute Gasteiger partial charge is 0.497 e. The van der Waals surface area contributed by atoms with E-state index in [2.05, 4.69) is 5.32 Å². The number of aryl methyl sites for hydroxylation is 1. The lowest BCUT2D eigenvalue weighted by molar-refractivity contribution is -0.140. The van der Waals surface area contributed by atoms with Crippen LogP contribution < -0.4 is 14.8 Å². The highest BCUT2D eigenvalue weighted by Crippen LogP contribution is 2.16. The Hall–Kier alpha value is -3.02. The van der Waals surface area contributed by atoms with Crippen molar-refractivity contribution in [3.63, 3.8) is 0 Å². The molecule has 0 aliphatic carbocycles. The molecule has 1 N–H and O–H groups in total. The van der Waals surface area contributed by atoms with Crippen LogP contribution in [0.15, 0.2) is 48.5 Å². The minimum atomic E-state index is -0.556. The summed E-state index contributed by atoms with van der Waals surface area (Å²) in [7, 11) is 1.61. The number of hydrogen-bond acceptors (Lipinski definition) is 4. The summed E-state index contributed by atoms with van der Waals surface area (Å²) in [5.41, 5.74) is 2.12. The van der Waals surface area contributed by atoms with E-state index in [4.69, 9.17) is 9.47 Å². The summed E-state index contributed by atoms with van der Waals surface area (Å²) in [5.74, 6) is 1.34. The summed E-state index contributed by atoms with van der Waals surface area (Å²) >= 11 is 0. The molecular weight excluding hydrogens is 392 g/mol. The Bertz CT molecular complexity index is 818. The van der Waals surface area contributed by atoms with Crippen molar-refractivity contribution in [2.45, 2.75) is 52.6 Å². The number of amides is 2. The fourth-order valence-electron chi connectivity index (χ4n) is 3.10. The highest BCUT2D eigenvalue weighted by molar-refractivity contribution is 5.87. The van der Waals surface area contributed by atoms with Crippen LogP contribution >= 0.6 is 0 Å². The summed E-state index contributed by atoms with van der Waals surface area (Å²) in [6.07, 6.45) is 1.74. The Morgan fingerprint density at radius 1 is 1.03 bits per heavy atom. The van der Waals surface area contributed by atoms with Gasteiger partial charge in [-0.15, -0.1) is 0 Å². The third-order valence-electron chi connectivity index (χ3n) is 5.05. The number of ether oxygens (including phenoxy) is 2. The molecule has 2 aromatic carbocycles. The third-order valence-corrected chi connectivity index (χ3v) is 5.05. The first-order valence-electron chi connectivity index (χ1n) is 10.8. The van der Waals surface area contributed by atoms with E-state index in [0.717, 1.165) is 23.5 Å². The summed E-state index contributed by atoms with van der Waals surface area (Å²) < 4.78 is 10.9. The lowest BCUT2D eigenvalue weighted by Gasteiger charge is -2.29. The van der Waals surface area contributed by atoms with E-state index in [9.17, 15) is 9.59 Å². The quantitative estimate of drug-likeness (QED) is 0.519. The van der Waals surface area contributed by atoms with Crippen LogP contribution in [0.4, 0.5) is 0 Å². The molecule has 2 amide bonds. The Morgan fingerprint density at radius 3 is 2.29 bits per heavy atom. The second-order valence-corrected chi connectivity index (χ2v) is 7.60. The maximum Gasteiger partial charge on any atom is 0.242 e. The SMILES string of the molecule is CCCNC(=O)C(C)N(Cc1ccc(OC)cc1)C(=O)CCCOc1ccc(C)cc1. The normalized spacial score (nSPS) is 11.5. The van der Waals surface area contributed by atoms with Crippen LogP contribution in [-0.2, 0) is 16.1 Å². The number of hydrogen-bond donors (Lipinski definition) is 1. The fraction of sp³-hybridized carbons (Fsp3) is 0.440. The molecule has 0 aliphatic rings. The van der Waals surface area contributed by atoms with Crippen molar-refractivity contribution >= 4 is 11.8 Å². The molecule has 0 fully saturated rings. The van der Waals surface area contributed by atoms with Crippen molar-refractivity contribution < 1.29 is 19.1 Å². The molecule has 0 heterocycles. The molecule has 0 saturated heterocycles. The van der Waals surface area contributed by atoms with E-state index in [-0.39, 0.29) is 11.8 Å². The molecule has 0 saturated carbocycles. The summed E-state index contributed by atoms with van der Waals surface area (Å²) in [4.78, 5) is 27.2. The van der Waals surface area contributed by atoms with Gasteiger partial charge in [-0.05, 0) is 56.5 Å². The highest BCUT2D eigenvalue weighted by atomic mass is 16.5. The predicted molar refractivity (Wildman–Crippen MR) is 122 cm³/mol. The maximum atomic E-state index is 13.0. The molecule has 0 aromatic heterocycles. The van der Waals surface area contributed by atoms with Gasteiger partial charge in [-0.2, -0.15) is 0 Å². The average molecular weight is 427 g/mol. The van der Waals surface area contributed by atoms with Crippen molar-refractivity contribution in [2.75, 3.05) is 20.3 Å². The first kappa shape index (κ1) is 24.3. The van der Waals surface area contributed by atoms with E-state index in [1.165, 1.54) is 5.56 Å². The predicted octanol–water partition coefficient (Wildman–Crippen LogP) is 4.11. The van der Waals surface area contributed by atoms with Crippen LogP contribution in [0.3, 0.4) is 0 Å². The fourth-order valence-corrected chi connectivity index (χ4v) is 3.10. The lowest BCUT2D eigenvalue weighted by atomic mass is 10.1. The number of nitrogens with zero attached hydrogens (tertiary/aromatic N) is 1. The van der Waals surface area contributed by atoms with Gasteiger partial charge in [0.1, 0.15) is 17.5 Å². The van der Waals surface area contributed by atoms with Gasteiger partial charge in [-0.3, -0.25) is 9.59 Å². The minimum Gasteiger partial charge on any atom is -0.497 e. The van der Waals surface area contributed by atoms with E-state index >= 15 is 0 Å². The monoisotopic (exact) mass is 426 g/mol. The summed E-state index contributed by atoms with van der Waals surface area (Å²) in [6, 6.07) is 14.8. The van der Waals surface area contributed by atoms with Gasteiger partial charge in [0, 0.05) is 19.5 Å². The number of nitrogens with one attached hydrogen (secondary N) is 1. The van der Waals surface area contributed by atoms with Crippen LogP contribution in [0.1, 0.15) is 44.2 Å². The van der Waals surface area contributed by atoms with Crippen molar-refractivity contribution in [1.29, 1.82) is 0 Å². The summed E-state index contributed by atoms with van der Waals surface area (Å²) in [5, 5.41) is 2.89. The number of benzene rings is 2. The number of rotatable bonds is 12. The molecule has 0 spiro atoms. The molecule has 1 unspecified atom stereocenters. The van der Waals surface area contributed by atoms with E-state index in [0.29, 0.717) is 32.5 Å². The van der Waals surface area contributed by atoms with Crippen molar-refractivity contribution in [1.82, 2.24) is 10.2 Å². The number of carbonyl (C=O) groups is 2. The Balaban J connectivity index is 1.98. The Labute approximate surface area is 185 Å². The molecule has 168 valence electrons. The van der Waals surface area contributed by atoms with Gasteiger partial charge >= 0.3 is 0 Å². The molecule has 6 nitrogen and oxygen atoms in total. The second kappa shape index (κ2) is 12.6. The van der Waals surface area contributed by atoms with Crippen molar-refractivity contribution in [2.24, 2.45) is 0 Å². The Morgan fingerprint density at radius 2 is 1.68 bits per heavy atom. The number of carbonyl (C=O) groups excluding carboxylic acids is 2. The Kier molecular flexibility index (Phi) is 9.88. The smallest absolute Gasteiger partial charge is 0.242 e. The zero-order chi connectivity index (χ0) is 22.6. The zero-order valence-electron chi connectivity index (χ0n) is 19.0. The van der Waals surface area contributed by atoms with Crippen molar-refractivity contribution in [3.8, 4) is 11.5 Å². The average Bonchev–Trinajstić information content (AvgIpc) is 2.79. The van der Waals surface area contributed by atoms with E-state index in [1.54, 1.807) is 18.9 Å². The molecule has 0 aliphatic heterocycles. The van der Waals surface area contributed by atoms with Crippen LogP contribution in [0.5, 0.6) is 11.5 Å². The number of methoxy groups -OCH3 is 1. The lowest BCUT2D eigenvalue weighted by Crippen LogP contribution is -2.47. The highest BCUT2D eigenvalue weighted by Gasteiger charge is 2.25. The first-order valence-corrected chi connectivity index (χ1v) is 10.8. The topological polar surface area (TPSA) is 67.9 Å². The third kappa shape index (κ3) is 7.96. The van der Waals surface area contributed by atoms with E-state index in [1.807, 2.05) is 62.4 Å². The molecule has 2 aromatic rings. The van der Waals surface area contributed by atoms with Gasteiger partial charge in [0.15, 0.2) is 0 Å².